The molecule has 0 amide bonds. The number of hydrogen-bond acceptors (Lipinski definition) is 5. The Morgan fingerprint density at radius 2 is 2.08 bits per heavy atom. The monoisotopic (exact) mass is 188 g/mol. The van der Waals surface area contributed by atoms with Gasteiger partial charge >= 0.3 is 11.9 Å². The first-order valence-corrected chi connectivity index (χ1v) is 3.77. The molecule has 0 saturated heterocycles. The van der Waals surface area contributed by atoms with E-state index in [-0.39, 0.29) is 6.61 Å². The molecule has 0 bridgehead atoms. The highest BCUT2D eigenvalue weighted by molar-refractivity contribution is 5.94. The van der Waals surface area contributed by atoms with Gasteiger partial charge in [-0.1, -0.05) is 6.92 Å². The van der Waals surface area contributed by atoms with E-state index >= 15 is 0 Å². The van der Waals surface area contributed by atoms with Crippen molar-refractivity contribution >= 4 is 11.9 Å². The third-order valence-electron chi connectivity index (χ3n) is 1.10. The normalized spacial score (nSPS) is 10.8. The molecule has 1 N–H and O–H groups in total. The molecule has 0 saturated carbocycles. The van der Waals surface area contributed by atoms with Gasteiger partial charge in [0.05, 0.1) is 19.8 Å². The van der Waals surface area contributed by atoms with Crippen LogP contribution in [0.25, 0.3) is 0 Å². The lowest BCUT2D eigenvalue weighted by Crippen LogP contribution is -2.10. The highest BCUT2D eigenvalue weighted by Gasteiger charge is 2.10. The summed E-state index contributed by atoms with van der Waals surface area (Å²) >= 11 is 0. The Balaban J connectivity index is 4.08. The van der Waals surface area contributed by atoms with E-state index in [2.05, 4.69) is 9.47 Å². The van der Waals surface area contributed by atoms with Gasteiger partial charge in [-0.05, 0) is 6.42 Å². The molecule has 5 heteroatoms. The molecule has 0 radical (unpaired) electrons. The number of aliphatic hydroxyl groups is 1. The third kappa shape index (κ3) is 4.84. The van der Waals surface area contributed by atoms with Gasteiger partial charge in [0.1, 0.15) is 0 Å². The van der Waals surface area contributed by atoms with Crippen LogP contribution in [0, 0.1) is 0 Å². The molecule has 0 aliphatic rings. The van der Waals surface area contributed by atoms with Gasteiger partial charge in [0.25, 0.3) is 0 Å². The molecule has 0 atom stereocenters. The zero-order valence-electron chi connectivity index (χ0n) is 7.57. The second-order valence-corrected chi connectivity index (χ2v) is 2.19. The maximum atomic E-state index is 10.8. The molecule has 74 valence electrons. The van der Waals surface area contributed by atoms with Crippen LogP contribution in [-0.2, 0) is 19.1 Å². The van der Waals surface area contributed by atoms with Gasteiger partial charge in [-0.3, -0.25) is 0 Å². The lowest BCUT2D eigenvalue weighted by Gasteiger charge is -2.00. The molecule has 0 aromatic carbocycles. The van der Waals surface area contributed by atoms with Crippen molar-refractivity contribution in [2.45, 2.75) is 13.3 Å². The van der Waals surface area contributed by atoms with E-state index in [0.717, 1.165) is 7.11 Å². The minimum atomic E-state index is -0.924. The molecule has 0 rings (SSSR count). The summed E-state index contributed by atoms with van der Waals surface area (Å²) in [6.45, 7) is 2.02. The number of carbonyl (C=O) groups excluding carboxylic acids is 2. The standard InChI is InChI=1S/C8H12O5/c1-3-4-13-8(11)6(9)5-7(10)12-2/h5,9H,3-4H2,1-2H3/b6-5+. The van der Waals surface area contributed by atoms with E-state index in [4.69, 9.17) is 5.11 Å². The van der Waals surface area contributed by atoms with Gasteiger partial charge in [-0.15, -0.1) is 0 Å². The number of aliphatic hydroxyl groups excluding tert-OH is 1. The van der Waals surface area contributed by atoms with Gasteiger partial charge in [0.15, 0.2) is 0 Å². The van der Waals surface area contributed by atoms with E-state index in [1.807, 2.05) is 6.92 Å². The van der Waals surface area contributed by atoms with Crippen LogP contribution < -0.4 is 0 Å². The van der Waals surface area contributed by atoms with Gasteiger partial charge in [-0.25, -0.2) is 9.59 Å². The lowest BCUT2D eigenvalue weighted by atomic mass is 10.4. The first kappa shape index (κ1) is 11.5. The van der Waals surface area contributed by atoms with Crippen LogP contribution in [0.4, 0.5) is 0 Å². The number of ether oxygens (including phenoxy) is 2. The largest absolute Gasteiger partial charge is 0.502 e. The molecule has 0 heterocycles. The van der Waals surface area contributed by atoms with Crippen molar-refractivity contribution in [3.63, 3.8) is 0 Å². The highest BCUT2D eigenvalue weighted by atomic mass is 16.5. The molecular formula is C8H12O5. The van der Waals surface area contributed by atoms with Crippen LogP contribution in [0.2, 0.25) is 0 Å². The van der Waals surface area contributed by atoms with E-state index in [9.17, 15) is 9.59 Å². The van der Waals surface area contributed by atoms with Crippen LogP contribution in [0.15, 0.2) is 11.8 Å². The summed E-state index contributed by atoms with van der Waals surface area (Å²) < 4.78 is 8.73. The van der Waals surface area contributed by atoms with Crippen molar-refractivity contribution in [1.82, 2.24) is 0 Å². The number of rotatable bonds is 4. The minimum absolute atomic E-state index is 0.206. The molecule has 13 heavy (non-hydrogen) atoms. The fraction of sp³-hybridized carbons (Fsp3) is 0.500. The van der Waals surface area contributed by atoms with Crippen LogP contribution in [-0.4, -0.2) is 30.8 Å². The molecule has 0 fully saturated rings. The summed E-state index contributed by atoms with van der Waals surface area (Å²) in [4.78, 5) is 21.3. The Morgan fingerprint density at radius 3 is 2.54 bits per heavy atom. The smallest absolute Gasteiger partial charge is 0.373 e. The summed E-state index contributed by atoms with van der Waals surface area (Å²) in [5.41, 5.74) is 0. The average molecular weight is 188 g/mol. The van der Waals surface area contributed by atoms with E-state index in [0.29, 0.717) is 12.5 Å². The second kappa shape index (κ2) is 6.05. The molecule has 0 unspecified atom stereocenters. The Labute approximate surface area is 75.9 Å². The number of esters is 2. The molecule has 0 aromatic rings. The fourth-order valence-corrected chi connectivity index (χ4v) is 0.498. The summed E-state index contributed by atoms with van der Waals surface area (Å²) in [6.07, 6.45) is 1.31. The Morgan fingerprint density at radius 1 is 1.46 bits per heavy atom. The van der Waals surface area contributed by atoms with Crippen LogP contribution >= 0.6 is 0 Å². The van der Waals surface area contributed by atoms with Gasteiger partial charge < -0.3 is 14.6 Å². The SMILES string of the molecule is CCCOC(=O)/C(O)=C\C(=O)OC. The average Bonchev–Trinajstić information content (AvgIpc) is 2.13. The van der Waals surface area contributed by atoms with Crippen molar-refractivity contribution in [2.75, 3.05) is 13.7 Å². The topological polar surface area (TPSA) is 72.8 Å². The minimum Gasteiger partial charge on any atom is -0.502 e. The summed E-state index contributed by atoms with van der Waals surface area (Å²) in [6, 6.07) is 0. The van der Waals surface area contributed by atoms with Crippen molar-refractivity contribution < 1.29 is 24.2 Å². The molecule has 0 spiro atoms. The molecular weight excluding hydrogens is 176 g/mol. The molecule has 0 aromatic heterocycles. The molecule has 5 nitrogen and oxygen atoms in total. The van der Waals surface area contributed by atoms with E-state index in [1.54, 1.807) is 0 Å². The summed E-state index contributed by atoms with van der Waals surface area (Å²) in [5, 5.41) is 8.93. The summed E-state index contributed by atoms with van der Waals surface area (Å²) in [7, 11) is 1.14. The molecule has 0 aliphatic heterocycles. The predicted octanol–water partition coefficient (Wildman–Crippen LogP) is 0.554. The number of methoxy groups -OCH3 is 1. The van der Waals surface area contributed by atoms with Crippen LogP contribution in [0.3, 0.4) is 0 Å². The Hall–Kier alpha value is -1.52. The van der Waals surface area contributed by atoms with Crippen LogP contribution in [0.1, 0.15) is 13.3 Å². The Bertz CT molecular complexity index is 219. The lowest BCUT2D eigenvalue weighted by molar-refractivity contribution is -0.143. The predicted molar refractivity (Wildman–Crippen MR) is 44.0 cm³/mol. The quantitative estimate of drug-likeness (QED) is 0.396. The number of carbonyl (C=O) groups is 2. The van der Waals surface area contributed by atoms with Crippen LogP contribution in [0.5, 0.6) is 0 Å². The highest BCUT2D eigenvalue weighted by Crippen LogP contribution is 1.94. The first-order valence-electron chi connectivity index (χ1n) is 3.77. The van der Waals surface area contributed by atoms with Crippen molar-refractivity contribution in [3.05, 3.63) is 11.8 Å². The maximum absolute atomic E-state index is 10.8. The molecule has 0 aliphatic carbocycles. The van der Waals surface area contributed by atoms with Gasteiger partial charge in [0.2, 0.25) is 5.76 Å². The van der Waals surface area contributed by atoms with Crippen molar-refractivity contribution in [1.29, 1.82) is 0 Å². The Kier molecular flexibility index (Phi) is 5.34. The fourth-order valence-electron chi connectivity index (χ4n) is 0.498. The van der Waals surface area contributed by atoms with Crippen molar-refractivity contribution in [3.8, 4) is 0 Å². The third-order valence-corrected chi connectivity index (χ3v) is 1.10. The van der Waals surface area contributed by atoms with Gasteiger partial charge in [-0.2, -0.15) is 0 Å². The maximum Gasteiger partial charge on any atom is 0.373 e. The zero-order valence-corrected chi connectivity index (χ0v) is 7.57. The van der Waals surface area contributed by atoms with Gasteiger partial charge in [0, 0.05) is 0 Å². The summed E-state index contributed by atoms with van der Waals surface area (Å²) in [5.74, 6) is -2.47. The zero-order chi connectivity index (χ0) is 10.3. The van der Waals surface area contributed by atoms with E-state index in [1.165, 1.54) is 0 Å². The van der Waals surface area contributed by atoms with E-state index < -0.39 is 17.7 Å². The first-order chi connectivity index (χ1) is 6.11. The number of hydrogen-bond donors (Lipinski definition) is 1. The van der Waals surface area contributed by atoms with Crippen molar-refractivity contribution in [2.24, 2.45) is 0 Å². The second-order valence-electron chi connectivity index (χ2n) is 2.19.